The van der Waals surface area contributed by atoms with Crippen LogP contribution in [0.15, 0.2) is 33.6 Å². The normalized spacial score (nSPS) is 10.2. The molecule has 0 amide bonds. The van der Waals surface area contributed by atoms with Crippen LogP contribution in [0.5, 0.6) is 0 Å². The molecule has 0 fully saturated rings. The van der Waals surface area contributed by atoms with Gasteiger partial charge in [0.25, 0.3) is 0 Å². The Kier molecular flexibility index (Phi) is 4.09. The van der Waals surface area contributed by atoms with E-state index in [0.717, 1.165) is 21.4 Å². The number of nitrogens with zero attached hydrogens (tertiary/aromatic N) is 1. The summed E-state index contributed by atoms with van der Waals surface area (Å²) >= 11 is 10.0. The minimum absolute atomic E-state index is 0.387. The van der Waals surface area contributed by atoms with Crippen molar-refractivity contribution in [2.45, 2.75) is 6.54 Å². The fourth-order valence-corrected chi connectivity index (χ4v) is 2.49. The third kappa shape index (κ3) is 3.24. The van der Waals surface area contributed by atoms with Gasteiger partial charge in [-0.2, -0.15) is 0 Å². The van der Waals surface area contributed by atoms with Gasteiger partial charge < -0.3 is 11.1 Å². The summed E-state index contributed by atoms with van der Waals surface area (Å²) in [5, 5.41) is 5.29. The molecular formula is C11H10BrN3S2. The molecule has 1 heterocycles. The van der Waals surface area contributed by atoms with Crippen molar-refractivity contribution in [2.75, 3.05) is 5.32 Å². The van der Waals surface area contributed by atoms with Crippen LogP contribution >= 0.6 is 39.5 Å². The van der Waals surface area contributed by atoms with Crippen LogP contribution in [0.2, 0.25) is 0 Å². The molecule has 1 aromatic carbocycles. The van der Waals surface area contributed by atoms with Gasteiger partial charge in [-0.15, -0.1) is 11.3 Å². The molecule has 0 aliphatic rings. The van der Waals surface area contributed by atoms with E-state index < -0.39 is 0 Å². The molecule has 1 aromatic heterocycles. The third-order valence-electron chi connectivity index (χ3n) is 2.19. The van der Waals surface area contributed by atoms with Crippen molar-refractivity contribution in [1.82, 2.24) is 4.98 Å². The molecule has 2 aromatic rings. The van der Waals surface area contributed by atoms with E-state index in [0.29, 0.717) is 11.5 Å². The van der Waals surface area contributed by atoms with Gasteiger partial charge in [0.05, 0.1) is 17.7 Å². The Morgan fingerprint density at radius 3 is 3.00 bits per heavy atom. The van der Waals surface area contributed by atoms with Gasteiger partial charge in [-0.1, -0.05) is 28.1 Å². The number of nitrogens with two attached hydrogens (primary N) is 1. The number of hydrogen-bond donors (Lipinski definition) is 2. The highest BCUT2D eigenvalue weighted by atomic mass is 79.9. The minimum Gasteiger partial charge on any atom is -0.389 e. The molecule has 6 heteroatoms. The molecule has 3 nitrogen and oxygen atoms in total. The fourth-order valence-electron chi connectivity index (χ4n) is 1.39. The average molecular weight is 328 g/mol. The van der Waals surface area contributed by atoms with Crippen LogP contribution in [-0.2, 0) is 6.54 Å². The molecule has 0 bridgehead atoms. The number of anilines is 1. The van der Waals surface area contributed by atoms with Gasteiger partial charge in [-0.25, -0.2) is 4.98 Å². The first-order valence-corrected chi connectivity index (χ1v) is 7.01. The molecule has 0 radical (unpaired) electrons. The lowest BCUT2D eigenvalue weighted by Crippen LogP contribution is -2.13. The number of thiazole rings is 1. The van der Waals surface area contributed by atoms with Crippen LogP contribution in [0.4, 0.5) is 5.69 Å². The first-order chi connectivity index (χ1) is 8.16. The van der Waals surface area contributed by atoms with E-state index in [9.17, 15) is 0 Å². The molecular weight excluding hydrogens is 318 g/mol. The number of hydrogen-bond acceptors (Lipinski definition) is 4. The fraction of sp³-hybridized carbons (Fsp3) is 0.0909. The van der Waals surface area contributed by atoms with Crippen LogP contribution in [0.3, 0.4) is 0 Å². The van der Waals surface area contributed by atoms with E-state index >= 15 is 0 Å². The summed E-state index contributed by atoms with van der Waals surface area (Å²) < 4.78 is 0.985. The monoisotopic (exact) mass is 327 g/mol. The predicted molar refractivity (Wildman–Crippen MR) is 79.5 cm³/mol. The molecule has 0 saturated carbocycles. The van der Waals surface area contributed by atoms with E-state index in [2.05, 4.69) is 26.2 Å². The molecule has 0 atom stereocenters. The van der Waals surface area contributed by atoms with E-state index in [1.54, 1.807) is 11.3 Å². The quantitative estimate of drug-likeness (QED) is 0.847. The van der Waals surface area contributed by atoms with Gasteiger partial charge in [-0.05, 0) is 18.2 Å². The van der Waals surface area contributed by atoms with Gasteiger partial charge in [0.2, 0.25) is 0 Å². The second-order valence-corrected chi connectivity index (χ2v) is 5.46. The Morgan fingerprint density at radius 1 is 1.53 bits per heavy atom. The second-order valence-electron chi connectivity index (χ2n) is 3.39. The first kappa shape index (κ1) is 12.5. The summed E-state index contributed by atoms with van der Waals surface area (Å²) in [4.78, 5) is 4.60. The van der Waals surface area contributed by atoms with Crippen LogP contribution in [0, 0.1) is 0 Å². The highest BCUT2D eigenvalue weighted by Crippen LogP contribution is 2.22. The third-order valence-corrected chi connectivity index (χ3v) is 3.54. The number of halogens is 1. The van der Waals surface area contributed by atoms with E-state index in [4.69, 9.17) is 18.0 Å². The summed E-state index contributed by atoms with van der Waals surface area (Å²) in [6, 6.07) is 5.78. The maximum absolute atomic E-state index is 5.68. The molecule has 0 unspecified atom stereocenters. The molecule has 3 N–H and O–H groups in total. The van der Waals surface area contributed by atoms with Crippen LogP contribution in [0.25, 0.3) is 0 Å². The zero-order valence-corrected chi connectivity index (χ0v) is 12.0. The summed E-state index contributed by atoms with van der Waals surface area (Å²) in [5.41, 5.74) is 10.3. The van der Waals surface area contributed by atoms with E-state index in [-0.39, 0.29) is 0 Å². The highest BCUT2D eigenvalue weighted by molar-refractivity contribution is 9.10. The van der Waals surface area contributed by atoms with Crippen LogP contribution in [-0.4, -0.2) is 9.97 Å². The largest absolute Gasteiger partial charge is 0.389 e. The Labute approximate surface area is 117 Å². The van der Waals surface area contributed by atoms with Crippen LogP contribution in [0.1, 0.15) is 11.3 Å². The SMILES string of the molecule is NC(=S)c1ccc(Br)cc1NCc1cscn1. The summed E-state index contributed by atoms with van der Waals surface area (Å²) in [7, 11) is 0. The van der Waals surface area contributed by atoms with E-state index in [1.165, 1.54) is 0 Å². The molecule has 2 rings (SSSR count). The van der Waals surface area contributed by atoms with Gasteiger partial charge >= 0.3 is 0 Å². The average Bonchev–Trinajstić information content (AvgIpc) is 2.78. The van der Waals surface area contributed by atoms with Crippen LogP contribution < -0.4 is 11.1 Å². The predicted octanol–water partition coefficient (Wildman–Crippen LogP) is 3.15. The Bertz CT molecular complexity index is 526. The zero-order valence-electron chi connectivity index (χ0n) is 8.81. The number of aromatic nitrogens is 1. The Morgan fingerprint density at radius 2 is 2.35 bits per heavy atom. The minimum atomic E-state index is 0.387. The lowest BCUT2D eigenvalue weighted by molar-refractivity contribution is 1.07. The molecule has 0 saturated heterocycles. The Balaban J connectivity index is 2.19. The topological polar surface area (TPSA) is 50.9 Å². The van der Waals surface area contributed by atoms with Gasteiger partial charge in [0, 0.05) is 21.1 Å². The number of rotatable bonds is 4. The van der Waals surface area contributed by atoms with Crippen molar-refractivity contribution < 1.29 is 0 Å². The number of thiocarbonyl (C=S) groups is 1. The number of benzene rings is 1. The number of nitrogens with one attached hydrogen (secondary N) is 1. The van der Waals surface area contributed by atoms with Crippen molar-refractivity contribution in [3.8, 4) is 0 Å². The smallest absolute Gasteiger partial charge is 0.106 e. The Hall–Kier alpha value is -0.980. The summed E-state index contributed by atoms with van der Waals surface area (Å²) in [6.45, 7) is 0.662. The van der Waals surface area contributed by atoms with Crippen molar-refractivity contribution in [3.05, 3.63) is 44.8 Å². The molecule has 0 aliphatic heterocycles. The van der Waals surface area contributed by atoms with Gasteiger partial charge in [0.15, 0.2) is 0 Å². The standard InChI is InChI=1S/C11H10BrN3S2/c12-7-1-2-9(11(13)16)10(3-7)14-4-8-5-17-6-15-8/h1-3,5-6,14H,4H2,(H2,13,16). The highest BCUT2D eigenvalue weighted by Gasteiger charge is 2.06. The maximum Gasteiger partial charge on any atom is 0.106 e. The lowest BCUT2D eigenvalue weighted by atomic mass is 10.2. The molecule has 0 spiro atoms. The summed E-state index contributed by atoms with van der Waals surface area (Å²) in [6.07, 6.45) is 0. The molecule has 88 valence electrons. The van der Waals surface area contributed by atoms with Crippen molar-refractivity contribution >= 4 is 50.2 Å². The van der Waals surface area contributed by atoms with Crippen molar-refractivity contribution in [1.29, 1.82) is 0 Å². The van der Waals surface area contributed by atoms with Crippen molar-refractivity contribution in [2.24, 2.45) is 5.73 Å². The lowest BCUT2D eigenvalue weighted by Gasteiger charge is -2.10. The zero-order chi connectivity index (χ0) is 12.3. The second kappa shape index (κ2) is 5.57. The van der Waals surface area contributed by atoms with Crippen molar-refractivity contribution in [3.63, 3.8) is 0 Å². The molecule has 17 heavy (non-hydrogen) atoms. The van der Waals surface area contributed by atoms with Gasteiger partial charge in [0.1, 0.15) is 4.99 Å². The molecule has 0 aliphatic carbocycles. The van der Waals surface area contributed by atoms with Gasteiger partial charge in [-0.3, -0.25) is 0 Å². The van der Waals surface area contributed by atoms with E-state index in [1.807, 2.05) is 29.1 Å². The summed E-state index contributed by atoms with van der Waals surface area (Å²) in [5.74, 6) is 0. The first-order valence-electron chi connectivity index (χ1n) is 4.87. The maximum atomic E-state index is 5.68.